The molecule has 1 aliphatic rings. The fraction of sp³-hybridized carbons (Fsp3) is 0.208. The van der Waals surface area contributed by atoms with Crippen LogP contribution in [0.5, 0.6) is 11.5 Å². The van der Waals surface area contributed by atoms with Crippen molar-refractivity contribution >= 4 is 21.7 Å². The molecule has 0 saturated carbocycles. The zero-order valence-corrected chi connectivity index (χ0v) is 16.5. The van der Waals surface area contributed by atoms with Crippen molar-refractivity contribution in [1.82, 2.24) is 0 Å². The summed E-state index contributed by atoms with van der Waals surface area (Å²) >= 11 is 0. The SMILES string of the molecule is COc1cccc(C[NH+]2COc3c(cc4c(oc(=O)c5ccccc54)c3C)C2)c1. The van der Waals surface area contributed by atoms with E-state index in [1.807, 2.05) is 43.3 Å². The summed E-state index contributed by atoms with van der Waals surface area (Å²) in [7, 11) is 1.68. The Morgan fingerprint density at radius 3 is 2.69 bits per heavy atom. The van der Waals surface area contributed by atoms with E-state index >= 15 is 0 Å². The number of nitrogens with one attached hydrogen (secondary N) is 1. The van der Waals surface area contributed by atoms with Gasteiger partial charge in [0, 0.05) is 22.1 Å². The highest BCUT2D eigenvalue weighted by Gasteiger charge is 2.25. The van der Waals surface area contributed by atoms with Crippen LogP contribution in [0.1, 0.15) is 16.7 Å². The van der Waals surface area contributed by atoms with Gasteiger partial charge >= 0.3 is 5.63 Å². The van der Waals surface area contributed by atoms with Crippen molar-refractivity contribution in [3.8, 4) is 11.5 Å². The highest BCUT2D eigenvalue weighted by atomic mass is 16.5. The molecule has 5 heteroatoms. The lowest BCUT2D eigenvalue weighted by Gasteiger charge is -2.27. The maximum absolute atomic E-state index is 12.4. The molecule has 5 rings (SSSR count). The monoisotopic (exact) mass is 388 g/mol. The Labute approximate surface area is 168 Å². The van der Waals surface area contributed by atoms with Crippen molar-refractivity contribution in [2.75, 3.05) is 13.8 Å². The second-order valence-electron chi connectivity index (χ2n) is 7.55. The number of methoxy groups -OCH3 is 1. The number of rotatable bonds is 3. The van der Waals surface area contributed by atoms with Crippen molar-refractivity contribution in [3.63, 3.8) is 0 Å². The first kappa shape index (κ1) is 17.8. The Bertz CT molecular complexity index is 1290. The predicted octanol–water partition coefficient (Wildman–Crippen LogP) is 3.20. The molecule has 5 nitrogen and oxygen atoms in total. The van der Waals surface area contributed by atoms with Crippen LogP contribution in [0.2, 0.25) is 0 Å². The number of benzene rings is 3. The molecule has 0 bridgehead atoms. The van der Waals surface area contributed by atoms with E-state index in [1.165, 1.54) is 10.5 Å². The quantitative estimate of drug-likeness (QED) is 0.433. The fourth-order valence-electron chi connectivity index (χ4n) is 4.24. The van der Waals surface area contributed by atoms with Crippen molar-refractivity contribution < 1.29 is 18.8 Å². The first-order valence-electron chi connectivity index (χ1n) is 9.71. The lowest BCUT2D eigenvalue weighted by atomic mass is 10.00. The van der Waals surface area contributed by atoms with Crippen molar-refractivity contribution in [2.24, 2.45) is 0 Å². The Kier molecular flexibility index (Phi) is 4.25. The third-order valence-electron chi connectivity index (χ3n) is 5.62. The molecule has 29 heavy (non-hydrogen) atoms. The van der Waals surface area contributed by atoms with E-state index in [-0.39, 0.29) is 5.63 Å². The molecule has 1 unspecified atom stereocenters. The summed E-state index contributed by atoms with van der Waals surface area (Å²) in [5.74, 6) is 1.70. The summed E-state index contributed by atoms with van der Waals surface area (Å²) in [5, 5.41) is 2.49. The molecule has 1 aromatic heterocycles. The second-order valence-corrected chi connectivity index (χ2v) is 7.55. The standard InChI is InChI=1S/C24H21NO4/c1-15-22-17(11-21-19-8-3-4-9-20(19)24(26)29-23(15)21)13-25(14-28-22)12-16-6-5-7-18(10-16)27-2/h3-11H,12-14H2,1-2H3/p+1. The topological polar surface area (TPSA) is 53.1 Å². The van der Waals surface area contributed by atoms with E-state index in [1.54, 1.807) is 7.11 Å². The van der Waals surface area contributed by atoms with Gasteiger partial charge in [-0.2, -0.15) is 0 Å². The Balaban J connectivity index is 1.56. The van der Waals surface area contributed by atoms with E-state index in [9.17, 15) is 4.79 Å². The van der Waals surface area contributed by atoms with E-state index in [2.05, 4.69) is 18.2 Å². The minimum absolute atomic E-state index is 0.308. The Morgan fingerprint density at radius 1 is 1.03 bits per heavy atom. The van der Waals surface area contributed by atoms with Crippen LogP contribution in [0, 0.1) is 6.92 Å². The van der Waals surface area contributed by atoms with Crippen LogP contribution in [0.3, 0.4) is 0 Å². The minimum Gasteiger partial charge on any atom is -0.497 e. The van der Waals surface area contributed by atoms with Gasteiger partial charge < -0.3 is 13.9 Å². The normalized spacial score (nSPS) is 15.9. The molecule has 0 spiro atoms. The highest BCUT2D eigenvalue weighted by Crippen LogP contribution is 2.34. The molecule has 146 valence electrons. The molecule has 4 aromatic rings. The van der Waals surface area contributed by atoms with Crippen molar-refractivity contribution in [3.05, 3.63) is 81.7 Å². The predicted molar refractivity (Wildman–Crippen MR) is 112 cm³/mol. The van der Waals surface area contributed by atoms with Gasteiger partial charge in [0.25, 0.3) is 0 Å². The van der Waals surface area contributed by atoms with E-state index < -0.39 is 0 Å². The third kappa shape index (κ3) is 3.04. The second kappa shape index (κ2) is 6.94. The summed E-state index contributed by atoms with van der Waals surface area (Å²) in [6.45, 7) is 4.22. The van der Waals surface area contributed by atoms with Gasteiger partial charge in [0.2, 0.25) is 6.73 Å². The number of quaternary nitrogens is 1. The largest absolute Gasteiger partial charge is 0.497 e. The first-order valence-corrected chi connectivity index (χ1v) is 9.71. The molecule has 0 amide bonds. The fourth-order valence-corrected chi connectivity index (χ4v) is 4.24. The number of hydrogen-bond donors (Lipinski definition) is 1. The smallest absolute Gasteiger partial charge is 0.344 e. The van der Waals surface area contributed by atoms with E-state index in [0.717, 1.165) is 46.5 Å². The van der Waals surface area contributed by atoms with Crippen molar-refractivity contribution in [1.29, 1.82) is 0 Å². The third-order valence-corrected chi connectivity index (χ3v) is 5.62. The van der Waals surface area contributed by atoms with Gasteiger partial charge in [0.15, 0.2) is 0 Å². The van der Waals surface area contributed by atoms with Crippen LogP contribution < -0.4 is 20.0 Å². The molecule has 0 aliphatic carbocycles. The minimum atomic E-state index is -0.308. The summed E-state index contributed by atoms with van der Waals surface area (Å²) in [6.07, 6.45) is 0. The molecular weight excluding hydrogens is 366 g/mol. The van der Waals surface area contributed by atoms with Crippen LogP contribution in [0.15, 0.2) is 63.8 Å². The average Bonchev–Trinajstić information content (AvgIpc) is 2.75. The van der Waals surface area contributed by atoms with Crippen LogP contribution in [-0.4, -0.2) is 13.8 Å². The van der Waals surface area contributed by atoms with Crippen molar-refractivity contribution in [2.45, 2.75) is 20.0 Å². The molecule has 2 heterocycles. The Morgan fingerprint density at radius 2 is 1.86 bits per heavy atom. The zero-order chi connectivity index (χ0) is 20.0. The lowest BCUT2D eigenvalue weighted by molar-refractivity contribution is -0.945. The molecule has 0 fully saturated rings. The number of aryl methyl sites for hydroxylation is 1. The molecule has 3 aromatic carbocycles. The Hall–Kier alpha value is -3.31. The van der Waals surface area contributed by atoms with Gasteiger partial charge in [-0.1, -0.05) is 30.3 Å². The molecule has 1 atom stereocenters. The van der Waals surface area contributed by atoms with Crippen LogP contribution in [0.25, 0.3) is 21.7 Å². The molecular formula is C24H22NO4+. The summed E-state index contributed by atoms with van der Waals surface area (Å²) < 4.78 is 17.1. The number of hydrogen-bond acceptors (Lipinski definition) is 4. The van der Waals surface area contributed by atoms with Gasteiger partial charge in [-0.15, -0.1) is 0 Å². The number of ether oxygens (including phenoxy) is 2. The summed E-state index contributed by atoms with van der Waals surface area (Å²) in [6, 6.07) is 17.9. The first-order chi connectivity index (χ1) is 14.1. The van der Waals surface area contributed by atoms with Crippen LogP contribution in [-0.2, 0) is 13.1 Å². The van der Waals surface area contributed by atoms with Gasteiger partial charge in [0.1, 0.15) is 30.2 Å². The maximum atomic E-state index is 12.4. The van der Waals surface area contributed by atoms with Gasteiger partial charge in [0.05, 0.1) is 12.5 Å². The molecule has 1 aliphatic heterocycles. The summed E-state index contributed by atoms with van der Waals surface area (Å²) in [5.41, 5.74) is 3.54. The van der Waals surface area contributed by atoms with Gasteiger partial charge in [-0.25, -0.2) is 4.79 Å². The van der Waals surface area contributed by atoms with Gasteiger partial charge in [-0.05, 0) is 36.6 Å². The molecule has 0 radical (unpaired) electrons. The van der Waals surface area contributed by atoms with Crippen LogP contribution >= 0.6 is 0 Å². The summed E-state index contributed by atoms with van der Waals surface area (Å²) in [4.78, 5) is 13.7. The van der Waals surface area contributed by atoms with E-state index in [4.69, 9.17) is 13.9 Å². The lowest BCUT2D eigenvalue weighted by Crippen LogP contribution is -3.10. The molecule has 0 saturated heterocycles. The molecule has 1 N–H and O–H groups in total. The van der Waals surface area contributed by atoms with Crippen LogP contribution in [0.4, 0.5) is 0 Å². The van der Waals surface area contributed by atoms with E-state index in [0.29, 0.717) is 17.7 Å². The maximum Gasteiger partial charge on any atom is 0.344 e. The average molecular weight is 388 g/mol. The number of fused-ring (bicyclic) bond motifs is 4. The highest BCUT2D eigenvalue weighted by molar-refractivity contribution is 6.06. The van der Waals surface area contributed by atoms with Gasteiger partial charge in [-0.3, -0.25) is 4.90 Å². The zero-order valence-electron chi connectivity index (χ0n) is 16.5.